The third kappa shape index (κ3) is 2.61. The Bertz CT molecular complexity index is 808. The van der Waals surface area contributed by atoms with Gasteiger partial charge in [0.25, 0.3) is 0 Å². The van der Waals surface area contributed by atoms with Crippen molar-refractivity contribution in [3.63, 3.8) is 0 Å². The second-order valence-electron chi connectivity index (χ2n) is 4.66. The molecule has 3 rings (SSSR count). The number of nitrogens with zero attached hydrogens (tertiary/aromatic N) is 1. The average molecular weight is 300 g/mol. The third-order valence-corrected chi connectivity index (χ3v) is 4.78. The van der Waals surface area contributed by atoms with Crippen molar-refractivity contribution in [3.05, 3.63) is 59.7 Å². The maximum atomic E-state index is 12.3. The van der Waals surface area contributed by atoms with Crippen LogP contribution in [0.15, 0.2) is 53.4 Å². The van der Waals surface area contributed by atoms with E-state index in [1.807, 2.05) is 30.3 Å². The molecule has 1 heterocycles. The summed E-state index contributed by atoms with van der Waals surface area (Å²) in [6.07, 6.45) is 0. The minimum absolute atomic E-state index is 0.130. The zero-order chi connectivity index (χ0) is 14.9. The molecule has 1 atom stereocenters. The zero-order valence-corrected chi connectivity index (χ0v) is 11.8. The second kappa shape index (κ2) is 5.20. The van der Waals surface area contributed by atoms with Gasteiger partial charge >= 0.3 is 0 Å². The number of benzene rings is 2. The monoisotopic (exact) mass is 300 g/mol. The normalized spacial score (nSPS) is 16.8. The number of para-hydroxylation sites is 1. The number of hydrogen-bond acceptors (Lipinski definition) is 4. The van der Waals surface area contributed by atoms with E-state index in [0.29, 0.717) is 11.3 Å². The number of nitrogens with one attached hydrogen (secondary N) is 1. The van der Waals surface area contributed by atoms with Gasteiger partial charge < -0.3 is 4.74 Å². The largest absolute Gasteiger partial charge is 0.491 e. The van der Waals surface area contributed by atoms with Crippen LogP contribution in [0.2, 0.25) is 0 Å². The Balaban J connectivity index is 1.86. The lowest BCUT2D eigenvalue weighted by molar-refractivity contribution is 0.325. The van der Waals surface area contributed by atoms with Crippen LogP contribution in [-0.2, 0) is 10.0 Å². The molecule has 1 aliphatic rings. The third-order valence-electron chi connectivity index (χ3n) is 3.29. The van der Waals surface area contributed by atoms with Gasteiger partial charge in [0.2, 0.25) is 10.0 Å². The van der Waals surface area contributed by atoms with E-state index in [2.05, 4.69) is 4.72 Å². The lowest BCUT2D eigenvalue weighted by atomic mass is 10.1. The molecule has 0 aromatic heterocycles. The summed E-state index contributed by atoms with van der Waals surface area (Å²) in [7, 11) is -3.65. The minimum atomic E-state index is -3.65. The summed E-state index contributed by atoms with van der Waals surface area (Å²) in [5, 5.41) is 8.74. The van der Waals surface area contributed by atoms with Crippen LogP contribution in [0.4, 0.5) is 0 Å². The van der Waals surface area contributed by atoms with Crippen molar-refractivity contribution >= 4 is 10.0 Å². The molecule has 1 N–H and O–H groups in total. The van der Waals surface area contributed by atoms with Gasteiger partial charge in [-0.05, 0) is 30.3 Å². The van der Waals surface area contributed by atoms with E-state index in [-0.39, 0.29) is 11.5 Å². The standard InChI is InChI=1S/C15H12N2O3S/c16-9-11-5-7-12(8-6-11)21(18,19)17-14-10-20-15-4-2-1-3-13(14)15/h1-8,14,17H,10H2. The second-order valence-corrected chi connectivity index (χ2v) is 6.37. The van der Waals surface area contributed by atoms with Crippen molar-refractivity contribution < 1.29 is 13.2 Å². The van der Waals surface area contributed by atoms with Gasteiger partial charge in [-0.2, -0.15) is 5.26 Å². The van der Waals surface area contributed by atoms with Gasteiger partial charge in [-0.15, -0.1) is 0 Å². The van der Waals surface area contributed by atoms with Crippen molar-refractivity contribution in [2.24, 2.45) is 0 Å². The molecule has 21 heavy (non-hydrogen) atoms. The van der Waals surface area contributed by atoms with Crippen LogP contribution in [0.1, 0.15) is 17.2 Å². The van der Waals surface area contributed by atoms with Crippen LogP contribution in [0, 0.1) is 11.3 Å². The first kappa shape index (κ1) is 13.6. The molecular formula is C15H12N2O3S. The summed E-state index contributed by atoms with van der Waals surface area (Å²) in [6, 6.07) is 14.7. The summed E-state index contributed by atoms with van der Waals surface area (Å²) in [4.78, 5) is 0.130. The van der Waals surface area contributed by atoms with Gasteiger partial charge in [-0.1, -0.05) is 18.2 Å². The van der Waals surface area contributed by atoms with E-state index in [9.17, 15) is 8.42 Å². The molecule has 2 aromatic carbocycles. The lowest BCUT2D eigenvalue weighted by Crippen LogP contribution is -2.29. The van der Waals surface area contributed by atoms with Crippen molar-refractivity contribution in [1.82, 2.24) is 4.72 Å². The first-order chi connectivity index (χ1) is 10.1. The van der Waals surface area contributed by atoms with Crippen LogP contribution < -0.4 is 9.46 Å². The highest BCUT2D eigenvalue weighted by atomic mass is 32.2. The molecular weight excluding hydrogens is 288 g/mol. The quantitative estimate of drug-likeness (QED) is 0.940. The van der Waals surface area contributed by atoms with Crippen molar-refractivity contribution in [3.8, 4) is 11.8 Å². The molecule has 0 saturated heterocycles. The molecule has 1 aliphatic heterocycles. The summed E-state index contributed by atoms with van der Waals surface area (Å²) in [5.74, 6) is 0.699. The number of hydrogen-bond donors (Lipinski definition) is 1. The van der Waals surface area contributed by atoms with Crippen LogP contribution in [0.3, 0.4) is 0 Å². The molecule has 106 valence electrons. The highest BCUT2D eigenvalue weighted by Gasteiger charge is 2.28. The van der Waals surface area contributed by atoms with Gasteiger partial charge in [-0.3, -0.25) is 0 Å². The van der Waals surface area contributed by atoms with Crippen molar-refractivity contribution in [1.29, 1.82) is 5.26 Å². The van der Waals surface area contributed by atoms with E-state index < -0.39 is 16.1 Å². The SMILES string of the molecule is N#Cc1ccc(S(=O)(=O)NC2COc3ccccc32)cc1. The van der Waals surface area contributed by atoms with Crippen LogP contribution in [0.25, 0.3) is 0 Å². The van der Waals surface area contributed by atoms with E-state index in [1.54, 1.807) is 0 Å². The number of nitriles is 1. The molecule has 1 unspecified atom stereocenters. The van der Waals surface area contributed by atoms with E-state index in [1.165, 1.54) is 24.3 Å². The number of rotatable bonds is 3. The maximum Gasteiger partial charge on any atom is 0.241 e. The summed E-state index contributed by atoms with van der Waals surface area (Å²) in [5.41, 5.74) is 1.25. The van der Waals surface area contributed by atoms with Crippen molar-refractivity contribution in [2.45, 2.75) is 10.9 Å². The first-order valence-electron chi connectivity index (χ1n) is 6.34. The highest BCUT2D eigenvalue weighted by molar-refractivity contribution is 7.89. The smallest absolute Gasteiger partial charge is 0.241 e. The predicted octanol–water partition coefficient (Wildman–Crippen LogP) is 1.97. The molecule has 0 fully saturated rings. The first-order valence-corrected chi connectivity index (χ1v) is 7.83. The predicted molar refractivity (Wildman–Crippen MR) is 76.2 cm³/mol. The van der Waals surface area contributed by atoms with Gasteiger partial charge in [0.1, 0.15) is 12.4 Å². The minimum Gasteiger partial charge on any atom is -0.491 e. The summed E-state index contributed by atoms with van der Waals surface area (Å²) in [6.45, 7) is 0.273. The molecule has 0 amide bonds. The van der Waals surface area contributed by atoms with E-state index in [4.69, 9.17) is 10.00 Å². The number of ether oxygens (including phenoxy) is 1. The molecule has 0 aliphatic carbocycles. The van der Waals surface area contributed by atoms with Crippen LogP contribution >= 0.6 is 0 Å². The van der Waals surface area contributed by atoms with Gasteiger partial charge in [-0.25, -0.2) is 13.1 Å². The summed E-state index contributed by atoms with van der Waals surface area (Å²) < 4.78 is 32.8. The highest BCUT2D eigenvalue weighted by Crippen LogP contribution is 2.32. The molecule has 5 nitrogen and oxygen atoms in total. The van der Waals surface area contributed by atoms with Crippen LogP contribution in [-0.4, -0.2) is 15.0 Å². The Kier molecular flexibility index (Phi) is 3.37. The van der Waals surface area contributed by atoms with E-state index in [0.717, 1.165) is 5.56 Å². The maximum absolute atomic E-state index is 12.3. The fraction of sp³-hybridized carbons (Fsp3) is 0.133. The Morgan fingerprint density at radius 2 is 1.86 bits per heavy atom. The number of fused-ring (bicyclic) bond motifs is 1. The Hall–Kier alpha value is -2.36. The fourth-order valence-corrected chi connectivity index (χ4v) is 3.42. The van der Waals surface area contributed by atoms with Crippen LogP contribution in [0.5, 0.6) is 5.75 Å². The molecule has 0 radical (unpaired) electrons. The fourth-order valence-electron chi connectivity index (χ4n) is 2.22. The Morgan fingerprint density at radius 3 is 2.57 bits per heavy atom. The van der Waals surface area contributed by atoms with E-state index >= 15 is 0 Å². The molecule has 0 saturated carbocycles. The van der Waals surface area contributed by atoms with Gasteiger partial charge in [0, 0.05) is 5.56 Å². The topological polar surface area (TPSA) is 79.2 Å². The van der Waals surface area contributed by atoms with Crippen molar-refractivity contribution in [2.75, 3.05) is 6.61 Å². The van der Waals surface area contributed by atoms with Gasteiger partial charge in [0.15, 0.2) is 0 Å². The van der Waals surface area contributed by atoms with Gasteiger partial charge in [0.05, 0.1) is 22.6 Å². The Labute approximate surface area is 122 Å². The zero-order valence-electron chi connectivity index (χ0n) is 11.0. The average Bonchev–Trinajstić information content (AvgIpc) is 2.90. The number of sulfonamides is 1. The molecule has 2 aromatic rings. The Morgan fingerprint density at radius 1 is 1.14 bits per heavy atom. The molecule has 0 bridgehead atoms. The molecule has 0 spiro atoms. The lowest BCUT2D eigenvalue weighted by Gasteiger charge is -2.12. The summed E-state index contributed by atoms with van der Waals surface area (Å²) >= 11 is 0. The molecule has 6 heteroatoms.